The van der Waals surface area contributed by atoms with Crippen molar-refractivity contribution in [2.24, 2.45) is 5.92 Å². The normalized spacial score (nSPS) is 15.1. The molecule has 1 aliphatic rings. The van der Waals surface area contributed by atoms with E-state index in [0.29, 0.717) is 12.3 Å². The fourth-order valence-corrected chi connectivity index (χ4v) is 2.86. The Kier molecular flexibility index (Phi) is 4.98. The van der Waals surface area contributed by atoms with E-state index in [1.807, 2.05) is 12.1 Å². The number of rotatable bonds is 7. The average Bonchev–Trinajstić information content (AvgIpc) is 3.16. The van der Waals surface area contributed by atoms with Gasteiger partial charge in [-0.1, -0.05) is 31.0 Å². The van der Waals surface area contributed by atoms with Gasteiger partial charge < -0.3 is 0 Å². The second-order valence-electron chi connectivity index (χ2n) is 6.67. The van der Waals surface area contributed by atoms with Gasteiger partial charge in [0.1, 0.15) is 0 Å². The molecule has 20 heavy (non-hydrogen) atoms. The van der Waals surface area contributed by atoms with Gasteiger partial charge in [0.2, 0.25) is 0 Å². The highest BCUT2D eigenvalue weighted by molar-refractivity contribution is 5.96. The average molecular weight is 273 g/mol. The van der Waals surface area contributed by atoms with Crippen molar-refractivity contribution in [3.63, 3.8) is 0 Å². The van der Waals surface area contributed by atoms with Gasteiger partial charge >= 0.3 is 0 Å². The smallest absolute Gasteiger partial charge is 0.164 e. The second kappa shape index (κ2) is 6.53. The van der Waals surface area contributed by atoms with Gasteiger partial charge in [0.05, 0.1) is 0 Å². The van der Waals surface area contributed by atoms with Crippen molar-refractivity contribution in [1.82, 2.24) is 4.90 Å². The van der Waals surface area contributed by atoms with Crippen LogP contribution in [0.5, 0.6) is 0 Å². The maximum absolute atomic E-state index is 12.4. The molecule has 1 aliphatic carbocycles. The van der Waals surface area contributed by atoms with Crippen molar-refractivity contribution in [2.45, 2.75) is 53.0 Å². The third-order valence-electron chi connectivity index (χ3n) is 3.83. The van der Waals surface area contributed by atoms with Crippen molar-refractivity contribution >= 4 is 5.78 Å². The Morgan fingerprint density at radius 1 is 1.20 bits per heavy atom. The number of nitrogens with zero attached hydrogens (tertiary/aromatic N) is 1. The number of ketones is 1. The molecule has 0 radical (unpaired) electrons. The van der Waals surface area contributed by atoms with Crippen LogP contribution in [0.4, 0.5) is 0 Å². The van der Waals surface area contributed by atoms with E-state index in [-0.39, 0.29) is 5.78 Å². The molecule has 0 heterocycles. The standard InChI is InChI=1S/C18H27NO/c1-13(2)12-19(17-5-6-17)8-7-18(20)16-10-14(3)9-15(4)11-16/h9-11,13,17H,5-8,12H2,1-4H3. The van der Waals surface area contributed by atoms with Crippen LogP contribution in [0, 0.1) is 19.8 Å². The molecular weight excluding hydrogens is 246 g/mol. The van der Waals surface area contributed by atoms with E-state index in [1.54, 1.807) is 0 Å². The summed E-state index contributed by atoms with van der Waals surface area (Å²) >= 11 is 0. The van der Waals surface area contributed by atoms with Crippen LogP contribution in [0.2, 0.25) is 0 Å². The summed E-state index contributed by atoms with van der Waals surface area (Å²) in [4.78, 5) is 14.9. The lowest BCUT2D eigenvalue weighted by Gasteiger charge is -2.23. The largest absolute Gasteiger partial charge is 0.300 e. The first-order chi connectivity index (χ1) is 9.45. The Balaban J connectivity index is 1.93. The van der Waals surface area contributed by atoms with Gasteiger partial charge in [0.15, 0.2) is 5.78 Å². The van der Waals surface area contributed by atoms with Crippen molar-refractivity contribution in [1.29, 1.82) is 0 Å². The van der Waals surface area contributed by atoms with Gasteiger partial charge in [-0.25, -0.2) is 0 Å². The monoisotopic (exact) mass is 273 g/mol. The first kappa shape index (κ1) is 15.2. The van der Waals surface area contributed by atoms with E-state index >= 15 is 0 Å². The first-order valence-corrected chi connectivity index (χ1v) is 7.81. The zero-order chi connectivity index (χ0) is 14.7. The minimum atomic E-state index is 0.284. The molecule has 2 nitrogen and oxygen atoms in total. The van der Waals surface area contributed by atoms with Gasteiger partial charge in [0.25, 0.3) is 0 Å². The van der Waals surface area contributed by atoms with Crippen LogP contribution in [-0.4, -0.2) is 29.8 Å². The SMILES string of the molecule is Cc1cc(C)cc(C(=O)CCN(CC(C)C)C2CC2)c1. The lowest BCUT2D eigenvalue weighted by molar-refractivity contribution is 0.0958. The Morgan fingerprint density at radius 3 is 2.30 bits per heavy atom. The van der Waals surface area contributed by atoms with Gasteiger partial charge in [0, 0.05) is 31.1 Å². The predicted octanol–water partition coefficient (Wildman–Crippen LogP) is 4.00. The second-order valence-corrected chi connectivity index (χ2v) is 6.67. The van der Waals surface area contributed by atoms with E-state index < -0.39 is 0 Å². The lowest BCUT2D eigenvalue weighted by Crippen LogP contribution is -2.32. The zero-order valence-corrected chi connectivity index (χ0v) is 13.3. The Labute approximate surface area is 123 Å². The maximum Gasteiger partial charge on any atom is 0.164 e. The number of hydrogen-bond donors (Lipinski definition) is 0. The van der Waals surface area contributed by atoms with Crippen LogP contribution in [0.25, 0.3) is 0 Å². The molecule has 0 saturated heterocycles. The molecule has 110 valence electrons. The molecule has 0 spiro atoms. The van der Waals surface area contributed by atoms with E-state index in [1.165, 1.54) is 24.0 Å². The topological polar surface area (TPSA) is 20.3 Å². The summed E-state index contributed by atoms with van der Waals surface area (Å²) in [5, 5.41) is 0. The van der Waals surface area contributed by atoms with E-state index in [0.717, 1.165) is 24.7 Å². The molecule has 0 amide bonds. The van der Waals surface area contributed by atoms with Crippen LogP contribution in [0.1, 0.15) is 54.6 Å². The van der Waals surface area contributed by atoms with E-state index in [4.69, 9.17) is 0 Å². The number of aryl methyl sites for hydroxylation is 2. The summed E-state index contributed by atoms with van der Waals surface area (Å²) in [5.41, 5.74) is 3.23. The summed E-state index contributed by atoms with van der Waals surface area (Å²) < 4.78 is 0. The quantitative estimate of drug-likeness (QED) is 0.700. The van der Waals surface area contributed by atoms with Crippen molar-refractivity contribution in [2.75, 3.05) is 13.1 Å². The van der Waals surface area contributed by atoms with Crippen molar-refractivity contribution in [3.8, 4) is 0 Å². The van der Waals surface area contributed by atoms with Gasteiger partial charge in [-0.2, -0.15) is 0 Å². The van der Waals surface area contributed by atoms with Crippen LogP contribution in [-0.2, 0) is 0 Å². The number of benzene rings is 1. The minimum Gasteiger partial charge on any atom is -0.300 e. The lowest BCUT2D eigenvalue weighted by atomic mass is 10.0. The molecule has 2 heteroatoms. The number of Topliss-reactive ketones (excluding diaryl/α,β-unsaturated/α-hetero) is 1. The minimum absolute atomic E-state index is 0.284. The van der Waals surface area contributed by atoms with E-state index in [9.17, 15) is 4.79 Å². The van der Waals surface area contributed by atoms with E-state index in [2.05, 4.69) is 38.7 Å². The van der Waals surface area contributed by atoms with Crippen LogP contribution in [0.15, 0.2) is 18.2 Å². The molecule has 1 aromatic carbocycles. The fourth-order valence-electron chi connectivity index (χ4n) is 2.86. The number of hydrogen-bond acceptors (Lipinski definition) is 2. The molecule has 1 fully saturated rings. The summed E-state index contributed by atoms with van der Waals surface area (Å²) in [5.74, 6) is 0.957. The summed E-state index contributed by atoms with van der Waals surface area (Å²) in [6.07, 6.45) is 3.26. The molecule has 1 aromatic rings. The Morgan fingerprint density at radius 2 is 1.80 bits per heavy atom. The summed E-state index contributed by atoms with van der Waals surface area (Å²) in [7, 11) is 0. The molecule has 0 bridgehead atoms. The van der Waals surface area contributed by atoms with Crippen LogP contribution < -0.4 is 0 Å². The van der Waals surface area contributed by atoms with Gasteiger partial charge in [-0.15, -0.1) is 0 Å². The summed E-state index contributed by atoms with van der Waals surface area (Å²) in [6, 6.07) is 6.88. The van der Waals surface area contributed by atoms with Crippen molar-refractivity contribution in [3.05, 3.63) is 34.9 Å². The number of carbonyl (C=O) groups excluding carboxylic acids is 1. The highest BCUT2D eigenvalue weighted by atomic mass is 16.1. The first-order valence-electron chi connectivity index (χ1n) is 7.81. The molecule has 0 unspecified atom stereocenters. The molecular formula is C18H27NO. The maximum atomic E-state index is 12.4. The molecule has 2 rings (SSSR count). The molecule has 0 aromatic heterocycles. The molecule has 0 aliphatic heterocycles. The van der Waals surface area contributed by atoms with Crippen LogP contribution >= 0.6 is 0 Å². The van der Waals surface area contributed by atoms with Gasteiger partial charge in [-0.3, -0.25) is 9.69 Å². The number of carbonyl (C=O) groups is 1. The Bertz CT molecular complexity index is 454. The highest BCUT2D eigenvalue weighted by Crippen LogP contribution is 2.27. The Hall–Kier alpha value is -1.15. The third kappa shape index (κ3) is 4.45. The third-order valence-corrected chi connectivity index (χ3v) is 3.83. The highest BCUT2D eigenvalue weighted by Gasteiger charge is 2.29. The zero-order valence-electron chi connectivity index (χ0n) is 13.3. The predicted molar refractivity (Wildman–Crippen MR) is 84.3 cm³/mol. The fraction of sp³-hybridized carbons (Fsp3) is 0.611. The molecule has 0 N–H and O–H groups in total. The van der Waals surface area contributed by atoms with Crippen molar-refractivity contribution < 1.29 is 4.79 Å². The van der Waals surface area contributed by atoms with Gasteiger partial charge in [-0.05, 0) is 44.7 Å². The van der Waals surface area contributed by atoms with Crippen LogP contribution in [0.3, 0.4) is 0 Å². The summed E-state index contributed by atoms with van der Waals surface area (Å²) in [6.45, 7) is 10.6. The molecule has 1 saturated carbocycles. The molecule has 0 atom stereocenters.